The average Bonchev–Trinajstić information content (AvgIpc) is 3.16. The van der Waals surface area contributed by atoms with Gasteiger partial charge in [0.2, 0.25) is 15.9 Å². The van der Waals surface area contributed by atoms with Gasteiger partial charge < -0.3 is 5.32 Å². The second kappa shape index (κ2) is 6.52. The van der Waals surface area contributed by atoms with Crippen LogP contribution < -0.4 is 5.32 Å². The highest BCUT2D eigenvalue weighted by molar-refractivity contribution is 7.88. The maximum absolute atomic E-state index is 12.6. The summed E-state index contributed by atoms with van der Waals surface area (Å²) in [6.45, 7) is 2.68. The van der Waals surface area contributed by atoms with Gasteiger partial charge in [-0.05, 0) is 31.9 Å². The normalized spacial score (nSPS) is 19.2. The van der Waals surface area contributed by atoms with Crippen molar-refractivity contribution in [2.24, 2.45) is 5.92 Å². The summed E-state index contributed by atoms with van der Waals surface area (Å²) in [6, 6.07) is 3.85. The number of nitrogens with one attached hydrogen (secondary N) is 1. The SMILES string of the molecule is Cc1nc2ccc3nc(NC(=O)C4CCCN(S(C)(=O)=O)C4)sc3c2s1. The van der Waals surface area contributed by atoms with Gasteiger partial charge in [0.25, 0.3) is 0 Å². The van der Waals surface area contributed by atoms with E-state index < -0.39 is 10.0 Å². The Morgan fingerprint density at radius 3 is 2.65 bits per heavy atom. The summed E-state index contributed by atoms with van der Waals surface area (Å²) in [4.78, 5) is 21.6. The Labute approximate surface area is 159 Å². The smallest absolute Gasteiger partial charge is 0.230 e. The molecule has 138 valence electrons. The number of aromatic nitrogens is 2. The van der Waals surface area contributed by atoms with Crippen LogP contribution in [0.4, 0.5) is 5.13 Å². The predicted octanol–water partition coefficient (Wildman–Crippen LogP) is 2.82. The van der Waals surface area contributed by atoms with Gasteiger partial charge in [0.1, 0.15) is 0 Å². The molecule has 1 atom stereocenters. The minimum absolute atomic E-state index is 0.172. The molecule has 0 saturated carbocycles. The molecule has 7 nitrogen and oxygen atoms in total. The fraction of sp³-hybridized carbons (Fsp3) is 0.438. The lowest BCUT2D eigenvalue weighted by atomic mass is 9.99. The summed E-state index contributed by atoms with van der Waals surface area (Å²) < 4.78 is 27.0. The van der Waals surface area contributed by atoms with Crippen LogP contribution in [0.1, 0.15) is 17.8 Å². The second-order valence-corrected chi connectivity index (χ2v) is 10.6. The molecule has 0 aliphatic carbocycles. The molecule has 1 fully saturated rings. The molecule has 0 spiro atoms. The number of fused-ring (bicyclic) bond motifs is 3. The summed E-state index contributed by atoms with van der Waals surface area (Å²) in [5.74, 6) is -0.523. The van der Waals surface area contributed by atoms with Crippen LogP contribution in [0, 0.1) is 12.8 Å². The zero-order valence-corrected chi connectivity index (χ0v) is 16.8. The Morgan fingerprint density at radius 1 is 1.23 bits per heavy atom. The van der Waals surface area contributed by atoms with Crippen molar-refractivity contribution in [1.29, 1.82) is 0 Å². The van der Waals surface area contributed by atoms with Gasteiger partial charge in [0, 0.05) is 13.1 Å². The lowest BCUT2D eigenvalue weighted by Gasteiger charge is -2.29. The molecule has 3 heterocycles. The van der Waals surface area contributed by atoms with E-state index in [9.17, 15) is 13.2 Å². The first-order chi connectivity index (χ1) is 12.3. The Hall–Kier alpha value is -1.62. The molecule has 3 aromatic rings. The molecule has 1 N–H and O–H groups in total. The first-order valence-corrected chi connectivity index (χ1v) is 11.7. The van der Waals surface area contributed by atoms with E-state index >= 15 is 0 Å². The average molecular weight is 411 g/mol. The molecule has 1 aliphatic heterocycles. The van der Waals surface area contributed by atoms with Gasteiger partial charge in [-0.25, -0.2) is 22.7 Å². The third-order valence-electron chi connectivity index (χ3n) is 4.47. The summed E-state index contributed by atoms with van der Waals surface area (Å²) in [5.41, 5.74) is 1.78. The number of amides is 1. The van der Waals surface area contributed by atoms with Crippen LogP contribution in [-0.4, -0.2) is 47.9 Å². The fourth-order valence-corrected chi connectivity index (χ4v) is 6.12. The summed E-state index contributed by atoms with van der Waals surface area (Å²) in [5, 5.41) is 4.41. The van der Waals surface area contributed by atoms with Gasteiger partial charge in [0.05, 0.1) is 37.6 Å². The van der Waals surface area contributed by atoms with Crippen molar-refractivity contribution in [2.45, 2.75) is 19.8 Å². The van der Waals surface area contributed by atoms with Gasteiger partial charge in [0.15, 0.2) is 5.13 Å². The van der Waals surface area contributed by atoms with Crippen LogP contribution in [-0.2, 0) is 14.8 Å². The van der Waals surface area contributed by atoms with E-state index in [2.05, 4.69) is 15.3 Å². The van der Waals surface area contributed by atoms with E-state index in [1.165, 1.54) is 21.9 Å². The number of hydrogen-bond acceptors (Lipinski definition) is 7. The van der Waals surface area contributed by atoms with Crippen LogP contribution in [0.2, 0.25) is 0 Å². The van der Waals surface area contributed by atoms with Crippen LogP contribution in [0.15, 0.2) is 12.1 Å². The van der Waals surface area contributed by atoms with Crippen molar-refractivity contribution in [3.8, 4) is 0 Å². The minimum atomic E-state index is -3.27. The molecule has 2 aromatic heterocycles. The van der Waals surface area contributed by atoms with E-state index in [-0.39, 0.29) is 18.4 Å². The van der Waals surface area contributed by atoms with Crippen molar-refractivity contribution < 1.29 is 13.2 Å². The predicted molar refractivity (Wildman–Crippen MR) is 105 cm³/mol. The number of sulfonamides is 1. The number of carbonyl (C=O) groups excluding carboxylic acids is 1. The number of thiazole rings is 2. The molecule has 10 heteroatoms. The minimum Gasteiger partial charge on any atom is -0.302 e. The van der Waals surface area contributed by atoms with Gasteiger partial charge >= 0.3 is 0 Å². The van der Waals surface area contributed by atoms with E-state index in [1.54, 1.807) is 11.3 Å². The monoisotopic (exact) mass is 410 g/mol. The fourth-order valence-electron chi connectivity index (χ4n) is 3.20. The van der Waals surface area contributed by atoms with E-state index in [0.29, 0.717) is 24.5 Å². The summed E-state index contributed by atoms with van der Waals surface area (Å²) in [7, 11) is -3.27. The molecule has 1 saturated heterocycles. The van der Waals surface area contributed by atoms with Crippen molar-refractivity contribution in [3.63, 3.8) is 0 Å². The molecular formula is C16H18N4O3S3. The number of nitrogens with zero attached hydrogens (tertiary/aromatic N) is 3. The topological polar surface area (TPSA) is 92.3 Å². The Bertz CT molecular complexity index is 1100. The first kappa shape index (κ1) is 17.8. The van der Waals surface area contributed by atoms with Gasteiger partial charge in [-0.2, -0.15) is 0 Å². The van der Waals surface area contributed by atoms with Crippen LogP contribution in [0.25, 0.3) is 20.4 Å². The molecule has 4 rings (SSSR count). The number of aryl methyl sites for hydroxylation is 1. The summed E-state index contributed by atoms with van der Waals surface area (Å²) >= 11 is 3.05. The van der Waals surface area contributed by atoms with Crippen LogP contribution in [0.3, 0.4) is 0 Å². The van der Waals surface area contributed by atoms with E-state index in [0.717, 1.165) is 25.4 Å². The molecular weight excluding hydrogens is 392 g/mol. The number of anilines is 1. The zero-order chi connectivity index (χ0) is 18.5. The Balaban J connectivity index is 1.57. The standard InChI is InChI=1S/C16H18N4O3S3/c1-9-17-11-5-6-12-14(13(11)24-9)25-16(18-12)19-15(21)10-4-3-7-20(8-10)26(2,22)23/h5-6,10H,3-4,7-8H2,1-2H3,(H,18,19,21). The maximum atomic E-state index is 12.6. The van der Waals surface area contributed by atoms with Crippen molar-refractivity contribution in [2.75, 3.05) is 24.7 Å². The number of rotatable bonds is 3. The largest absolute Gasteiger partial charge is 0.302 e. The highest BCUT2D eigenvalue weighted by Gasteiger charge is 2.30. The molecule has 1 amide bonds. The first-order valence-electron chi connectivity index (χ1n) is 8.24. The third kappa shape index (κ3) is 3.34. The number of piperidine rings is 1. The molecule has 1 aliphatic rings. The van der Waals surface area contributed by atoms with Crippen LogP contribution in [0.5, 0.6) is 0 Å². The maximum Gasteiger partial charge on any atom is 0.230 e. The highest BCUT2D eigenvalue weighted by atomic mass is 32.2. The zero-order valence-electron chi connectivity index (χ0n) is 14.4. The Kier molecular flexibility index (Phi) is 4.46. The summed E-state index contributed by atoms with van der Waals surface area (Å²) in [6.07, 6.45) is 2.55. The van der Waals surface area contributed by atoms with Crippen molar-refractivity contribution in [1.82, 2.24) is 14.3 Å². The molecule has 1 aromatic carbocycles. The van der Waals surface area contributed by atoms with Crippen LogP contribution >= 0.6 is 22.7 Å². The molecule has 26 heavy (non-hydrogen) atoms. The van der Waals surface area contributed by atoms with Gasteiger partial charge in [-0.15, -0.1) is 11.3 Å². The van der Waals surface area contributed by atoms with Gasteiger partial charge in [-0.1, -0.05) is 11.3 Å². The molecule has 0 bridgehead atoms. The third-order valence-corrected chi connectivity index (χ3v) is 7.88. The van der Waals surface area contributed by atoms with Gasteiger partial charge in [-0.3, -0.25) is 4.79 Å². The lowest BCUT2D eigenvalue weighted by Crippen LogP contribution is -2.43. The quantitative estimate of drug-likeness (QED) is 0.717. The van der Waals surface area contributed by atoms with Crippen molar-refractivity contribution in [3.05, 3.63) is 17.1 Å². The van der Waals surface area contributed by atoms with Crippen molar-refractivity contribution >= 4 is 64.2 Å². The molecule has 0 radical (unpaired) electrons. The van der Waals surface area contributed by atoms with E-state index in [1.807, 2.05) is 19.1 Å². The molecule has 1 unspecified atom stereocenters. The number of benzene rings is 1. The lowest BCUT2D eigenvalue weighted by molar-refractivity contribution is -0.120. The van der Waals surface area contributed by atoms with E-state index in [4.69, 9.17) is 0 Å². The Morgan fingerprint density at radius 2 is 1.92 bits per heavy atom. The number of hydrogen-bond donors (Lipinski definition) is 1. The second-order valence-electron chi connectivity index (χ2n) is 6.46. The highest BCUT2D eigenvalue weighted by Crippen LogP contribution is 2.36. The number of carbonyl (C=O) groups is 1.